The Morgan fingerprint density at radius 3 is 2.54 bits per heavy atom. The SMILES string of the molecule is CCNC(=O)NC(=O)COc1ccc(/C=C/C(=O)OC)cc1OC. The number of amides is 3. The van der Waals surface area contributed by atoms with E-state index in [1.165, 1.54) is 20.3 Å². The van der Waals surface area contributed by atoms with Crippen molar-refractivity contribution in [2.75, 3.05) is 27.4 Å². The van der Waals surface area contributed by atoms with Crippen LogP contribution in [0.2, 0.25) is 0 Å². The number of methoxy groups -OCH3 is 2. The van der Waals surface area contributed by atoms with Crippen LogP contribution in [0.3, 0.4) is 0 Å². The lowest BCUT2D eigenvalue weighted by Gasteiger charge is -2.11. The average Bonchev–Trinajstić information content (AvgIpc) is 2.58. The molecule has 130 valence electrons. The molecule has 3 amide bonds. The lowest BCUT2D eigenvalue weighted by Crippen LogP contribution is -2.41. The van der Waals surface area contributed by atoms with Gasteiger partial charge in [-0.2, -0.15) is 0 Å². The Morgan fingerprint density at radius 2 is 1.92 bits per heavy atom. The van der Waals surface area contributed by atoms with Crippen LogP contribution in [0.15, 0.2) is 24.3 Å². The number of rotatable bonds is 7. The zero-order valence-corrected chi connectivity index (χ0v) is 13.8. The fourth-order valence-electron chi connectivity index (χ4n) is 1.65. The third-order valence-corrected chi connectivity index (χ3v) is 2.75. The van der Waals surface area contributed by atoms with Gasteiger partial charge in [-0.25, -0.2) is 9.59 Å². The van der Waals surface area contributed by atoms with E-state index in [0.717, 1.165) is 0 Å². The third kappa shape index (κ3) is 6.39. The first kappa shape index (κ1) is 19.0. The maximum Gasteiger partial charge on any atom is 0.330 e. The number of carbonyl (C=O) groups excluding carboxylic acids is 3. The van der Waals surface area contributed by atoms with Crippen LogP contribution in [0.1, 0.15) is 12.5 Å². The maximum atomic E-state index is 11.6. The highest BCUT2D eigenvalue weighted by Gasteiger charge is 2.10. The molecule has 2 N–H and O–H groups in total. The van der Waals surface area contributed by atoms with Gasteiger partial charge in [0, 0.05) is 12.6 Å². The van der Waals surface area contributed by atoms with Crippen LogP contribution in [-0.2, 0) is 14.3 Å². The van der Waals surface area contributed by atoms with Gasteiger partial charge in [-0.05, 0) is 30.7 Å². The first-order chi connectivity index (χ1) is 11.5. The smallest absolute Gasteiger partial charge is 0.330 e. The molecule has 1 rings (SSSR count). The second kappa shape index (κ2) is 9.88. The molecule has 0 saturated carbocycles. The van der Waals surface area contributed by atoms with Crippen molar-refractivity contribution in [3.05, 3.63) is 29.8 Å². The van der Waals surface area contributed by atoms with Gasteiger partial charge in [-0.3, -0.25) is 10.1 Å². The first-order valence-corrected chi connectivity index (χ1v) is 7.14. The summed E-state index contributed by atoms with van der Waals surface area (Å²) < 4.78 is 15.0. The standard InChI is InChI=1S/C16H20N2O6/c1-4-17-16(21)18-14(19)10-24-12-7-5-11(9-13(12)22-2)6-8-15(20)23-3/h5-9H,4,10H2,1-3H3,(H2,17,18,19,21)/b8-6+. The zero-order valence-electron chi connectivity index (χ0n) is 13.8. The van der Waals surface area contributed by atoms with E-state index in [-0.39, 0.29) is 6.61 Å². The summed E-state index contributed by atoms with van der Waals surface area (Å²) in [6.45, 7) is 1.81. The van der Waals surface area contributed by atoms with E-state index >= 15 is 0 Å². The molecule has 8 heteroatoms. The quantitative estimate of drug-likeness (QED) is 0.571. The Hall–Kier alpha value is -3.03. The lowest BCUT2D eigenvalue weighted by atomic mass is 10.2. The zero-order chi connectivity index (χ0) is 17.9. The van der Waals surface area contributed by atoms with E-state index < -0.39 is 17.9 Å². The molecule has 1 aromatic rings. The molecule has 0 aliphatic rings. The summed E-state index contributed by atoms with van der Waals surface area (Å²) in [6, 6.07) is 4.33. The molecule has 0 spiro atoms. The molecule has 0 aromatic heterocycles. The topological polar surface area (TPSA) is 103 Å². The highest BCUT2D eigenvalue weighted by molar-refractivity contribution is 5.95. The summed E-state index contributed by atoms with van der Waals surface area (Å²) in [4.78, 5) is 33.9. The van der Waals surface area contributed by atoms with Crippen molar-refractivity contribution in [1.82, 2.24) is 10.6 Å². The third-order valence-electron chi connectivity index (χ3n) is 2.75. The Kier molecular flexibility index (Phi) is 7.83. The fraction of sp³-hybridized carbons (Fsp3) is 0.312. The molecule has 24 heavy (non-hydrogen) atoms. The summed E-state index contributed by atoms with van der Waals surface area (Å²) >= 11 is 0. The molecule has 0 fully saturated rings. The highest BCUT2D eigenvalue weighted by Crippen LogP contribution is 2.28. The molecule has 0 saturated heterocycles. The lowest BCUT2D eigenvalue weighted by molar-refractivity contribution is -0.134. The molecule has 0 aliphatic heterocycles. The van der Waals surface area contributed by atoms with Crippen LogP contribution in [-0.4, -0.2) is 45.3 Å². The van der Waals surface area contributed by atoms with Crippen molar-refractivity contribution >= 4 is 24.0 Å². The number of esters is 1. The summed E-state index contributed by atoms with van der Waals surface area (Å²) in [5, 5.41) is 4.56. The number of nitrogens with one attached hydrogen (secondary N) is 2. The number of urea groups is 1. The van der Waals surface area contributed by atoms with Crippen LogP contribution in [0.4, 0.5) is 4.79 Å². The average molecular weight is 336 g/mol. The number of carbonyl (C=O) groups is 3. The Morgan fingerprint density at radius 1 is 1.17 bits per heavy atom. The molecule has 0 heterocycles. The Balaban J connectivity index is 2.68. The van der Waals surface area contributed by atoms with Gasteiger partial charge in [-0.15, -0.1) is 0 Å². The molecule has 0 atom stereocenters. The minimum absolute atomic E-state index is 0.332. The van der Waals surface area contributed by atoms with E-state index in [4.69, 9.17) is 9.47 Å². The molecular weight excluding hydrogens is 316 g/mol. The fourth-order valence-corrected chi connectivity index (χ4v) is 1.65. The van der Waals surface area contributed by atoms with Crippen LogP contribution >= 0.6 is 0 Å². The summed E-state index contributed by atoms with van der Waals surface area (Å²) in [5.41, 5.74) is 0.691. The molecule has 0 unspecified atom stereocenters. The molecule has 0 radical (unpaired) electrons. The van der Waals surface area contributed by atoms with Crippen LogP contribution in [0.5, 0.6) is 11.5 Å². The van der Waals surface area contributed by atoms with Crippen LogP contribution < -0.4 is 20.1 Å². The molecule has 0 bridgehead atoms. The van der Waals surface area contributed by atoms with E-state index in [1.807, 2.05) is 0 Å². The van der Waals surface area contributed by atoms with E-state index in [0.29, 0.717) is 23.6 Å². The second-order valence-electron chi connectivity index (χ2n) is 4.46. The van der Waals surface area contributed by atoms with E-state index in [2.05, 4.69) is 15.4 Å². The maximum absolute atomic E-state index is 11.6. The predicted octanol–water partition coefficient (Wildman–Crippen LogP) is 1.11. The van der Waals surface area contributed by atoms with Gasteiger partial charge in [0.05, 0.1) is 14.2 Å². The Labute approximate surface area is 139 Å². The van der Waals surface area contributed by atoms with Crippen molar-refractivity contribution in [3.8, 4) is 11.5 Å². The van der Waals surface area contributed by atoms with Gasteiger partial charge >= 0.3 is 12.0 Å². The summed E-state index contributed by atoms with van der Waals surface area (Å²) in [5.74, 6) is -0.347. The summed E-state index contributed by atoms with van der Waals surface area (Å²) in [6.07, 6.45) is 2.83. The van der Waals surface area contributed by atoms with E-state index in [1.54, 1.807) is 31.2 Å². The number of ether oxygens (including phenoxy) is 3. The largest absolute Gasteiger partial charge is 0.493 e. The molecular formula is C16H20N2O6. The second-order valence-corrected chi connectivity index (χ2v) is 4.46. The minimum atomic E-state index is -0.585. The van der Waals surface area contributed by atoms with Crippen LogP contribution in [0.25, 0.3) is 6.08 Å². The van der Waals surface area contributed by atoms with Crippen molar-refractivity contribution in [2.24, 2.45) is 0 Å². The number of hydrogen-bond donors (Lipinski definition) is 2. The van der Waals surface area contributed by atoms with Crippen molar-refractivity contribution in [1.29, 1.82) is 0 Å². The predicted molar refractivity (Wildman–Crippen MR) is 86.8 cm³/mol. The van der Waals surface area contributed by atoms with Gasteiger partial charge in [0.25, 0.3) is 5.91 Å². The van der Waals surface area contributed by atoms with Gasteiger partial charge in [0.15, 0.2) is 18.1 Å². The van der Waals surface area contributed by atoms with E-state index in [9.17, 15) is 14.4 Å². The normalized spacial score (nSPS) is 10.1. The number of imide groups is 1. The first-order valence-electron chi connectivity index (χ1n) is 7.14. The van der Waals surface area contributed by atoms with Gasteiger partial charge < -0.3 is 19.5 Å². The van der Waals surface area contributed by atoms with Gasteiger partial charge in [-0.1, -0.05) is 6.07 Å². The van der Waals surface area contributed by atoms with Gasteiger partial charge in [0.1, 0.15) is 0 Å². The number of benzene rings is 1. The van der Waals surface area contributed by atoms with Crippen molar-refractivity contribution < 1.29 is 28.6 Å². The van der Waals surface area contributed by atoms with Crippen LogP contribution in [0, 0.1) is 0 Å². The van der Waals surface area contributed by atoms with Gasteiger partial charge in [0.2, 0.25) is 0 Å². The van der Waals surface area contributed by atoms with Crippen molar-refractivity contribution in [3.63, 3.8) is 0 Å². The number of hydrogen-bond acceptors (Lipinski definition) is 6. The highest BCUT2D eigenvalue weighted by atomic mass is 16.5. The summed E-state index contributed by atoms with van der Waals surface area (Å²) in [7, 11) is 2.74. The Bertz CT molecular complexity index is 627. The minimum Gasteiger partial charge on any atom is -0.493 e. The van der Waals surface area contributed by atoms with Crippen molar-refractivity contribution in [2.45, 2.75) is 6.92 Å². The molecule has 1 aromatic carbocycles. The molecule has 0 aliphatic carbocycles. The monoisotopic (exact) mass is 336 g/mol. The molecule has 8 nitrogen and oxygen atoms in total.